The molecule has 3 nitrogen and oxygen atoms in total. The minimum atomic E-state index is 0.165. The molecule has 2 rings (SSSR count). The van der Waals surface area contributed by atoms with Crippen LogP contribution in [-0.4, -0.2) is 48.4 Å². The van der Waals surface area contributed by atoms with E-state index in [4.69, 9.17) is 0 Å². The van der Waals surface area contributed by atoms with Crippen molar-refractivity contribution < 1.29 is 4.79 Å². The van der Waals surface area contributed by atoms with Crippen LogP contribution in [0.1, 0.15) is 29.4 Å². The zero-order chi connectivity index (χ0) is 14.0. The zero-order valence-corrected chi connectivity index (χ0v) is 15.1. The molecular formula is C13H18Br2N2OS. The van der Waals surface area contributed by atoms with Crippen LogP contribution in [0.25, 0.3) is 0 Å². The van der Waals surface area contributed by atoms with Crippen molar-refractivity contribution in [3.63, 3.8) is 0 Å². The fourth-order valence-corrected chi connectivity index (χ4v) is 4.45. The third-order valence-corrected chi connectivity index (χ3v) is 6.73. The van der Waals surface area contributed by atoms with Gasteiger partial charge >= 0.3 is 0 Å². The van der Waals surface area contributed by atoms with Crippen LogP contribution < -0.4 is 0 Å². The van der Waals surface area contributed by atoms with Crippen molar-refractivity contribution in [3.8, 4) is 0 Å². The number of carbonyl (C=O) groups is 1. The second-order valence-corrected chi connectivity index (χ2v) is 8.13. The molecule has 106 valence electrons. The summed E-state index contributed by atoms with van der Waals surface area (Å²) in [6, 6.07) is 2.23. The number of nitrogens with zero attached hydrogens (tertiary/aromatic N) is 2. The lowest BCUT2D eigenvalue weighted by atomic mass is 10.2. The Morgan fingerprint density at radius 1 is 1.47 bits per heavy atom. The average Bonchev–Trinajstić information content (AvgIpc) is 2.61. The first-order valence-electron chi connectivity index (χ1n) is 6.47. The van der Waals surface area contributed by atoms with Gasteiger partial charge in [0, 0.05) is 23.6 Å². The van der Waals surface area contributed by atoms with Gasteiger partial charge in [-0.3, -0.25) is 4.79 Å². The van der Waals surface area contributed by atoms with Crippen LogP contribution in [0, 0.1) is 0 Å². The van der Waals surface area contributed by atoms with Crippen molar-refractivity contribution in [2.24, 2.45) is 0 Å². The number of amides is 1. The van der Waals surface area contributed by atoms with Crippen LogP contribution in [-0.2, 0) is 0 Å². The Kier molecular flexibility index (Phi) is 5.45. The molecule has 1 aromatic rings. The van der Waals surface area contributed by atoms with E-state index in [2.05, 4.69) is 50.7 Å². The summed E-state index contributed by atoms with van der Waals surface area (Å²) in [5.74, 6) is 0.165. The van der Waals surface area contributed by atoms with Gasteiger partial charge in [0.15, 0.2) is 0 Å². The van der Waals surface area contributed by atoms with Gasteiger partial charge in [-0.1, -0.05) is 6.92 Å². The topological polar surface area (TPSA) is 23.6 Å². The highest BCUT2D eigenvalue weighted by Gasteiger charge is 2.28. The van der Waals surface area contributed by atoms with E-state index < -0.39 is 0 Å². The van der Waals surface area contributed by atoms with Gasteiger partial charge in [0.25, 0.3) is 5.91 Å². The maximum atomic E-state index is 12.7. The van der Waals surface area contributed by atoms with E-state index in [1.54, 1.807) is 0 Å². The number of rotatable bonds is 2. The van der Waals surface area contributed by atoms with Crippen molar-refractivity contribution in [1.29, 1.82) is 0 Å². The van der Waals surface area contributed by atoms with E-state index >= 15 is 0 Å². The Labute approximate surface area is 135 Å². The fraction of sp³-hybridized carbons (Fsp3) is 0.615. The van der Waals surface area contributed by atoms with E-state index in [0.717, 1.165) is 45.6 Å². The molecule has 6 heteroatoms. The summed E-state index contributed by atoms with van der Waals surface area (Å²) in [6.45, 7) is 5.05. The highest BCUT2D eigenvalue weighted by atomic mass is 79.9. The first-order valence-corrected chi connectivity index (χ1v) is 8.87. The monoisotopic (exact) mass is 408 g/mol. The number of hydrogen-bond donors (Lipinski definition) is 0. The first kappa shape index (κ1) is 15.5. The molecule has 1 saturated heterocycles. The lowest BCUT2D eigenvalue weighted by molar-refractivity contribution is 0.0680. The second kappa shape index (κ2) is 6.70. The fourth-order valence-electron chi connectivity index (χ4n) is 2.45. The number of carbonyl (C=O) groups excluding carboxylic acids is 1. The van der Waals surface area contributed by atoms with Gasteiger partial charge in [0.2, 0.25) is 0 Å². The van der Waals surface area contributed by atoms with Crippen LogP contribution in [0.4, 0.5) is 0 Å². The molecule has 0 bridgehead atoms. The summed E-state index contributed by atoms with van der Waals surface area (Å²) < 4.78 is 1.94. The van der Waals surface area contributed by atoms with Gasteiger partial charge in [-0.05, 0) is 64.4 Å². The normalized spacial score (nSPS) is 21.5. The van der Waals surface area contributed by atoms with Gasteiger partial charge in [-0.25, -0.2) is 0 Å². The summed E-state index contributed by atoms with van der Waals surface area (Å²) in [5, 5.41) is 0. The molecule has 1 amide bonds. The number of likely N-dealkylation sites (N-methyl/N-ethyl adjacent to an activating group) is 1. The molecular weight excluding hydrogens is 392 g/mol. The summed E-state index contributed by atoms with van der Waals surface area (Å²) >= 11 is 8.41. The minimum Gasteiger partial charge on any atom is -0.334 e. The molecule has 1 aromatic heterocycles. The molecule has 19 heavy (non-hydrogen) atoms. The maximum Gasteiger partial charge on any atom is 0.264 e. The Balaban J connectivity index is 2.20. The van der Waals surface area contributed by atoms with Crippen LogP contribution >= 0.6 is 43.2 Å². The Morgan fingerprint density at radius 2 is 2.21 bits per heavy atom. The smallest absolute Gasteiger partial charge is 0.264 e. The van der Waals surface area contributed by atoms with Gasteiger partial charge in [0.05, 0.1) is 8.66 Å². The molecule has 1 unspecified atom stereocenters. The highest BCUT2D eigenvalue weighted by molar-refractivity contribution is 9.13. The Hall–Kier alpha value is 0.0900. The third-order valence-electron chi connectivity index (χ3n) is 3.49. The van der Waals surface area contributed by atoms with Crippen LogP contribution in [0.3, 0.4) is 0 Å². The Morgan fingerprint density at radius 3 is 2.79 bits per heavy atom. The molecule has 1 atom stereocenters. The minimum absolute atomic E-state index is 0.165. The van der Waals surface area contributed by atoms with Crippen LogP contribution in [0.15, 0.2) is 14.3 Å². The van der Waals surface area contributed by atoms with Gasteiger partial charge in [-0.15, -0.1) is 11.3 Å². The largest absolute Gasteiger partial charge is 0.334 e. The Bertz CT molecular complexity index is 444. The van der Waals surface area contributed by atoms with Crippen LogP contribution in [0.5, 0.6) is 0 Å². The van der Waals surface area contributed by atoms with E-state index in [1.165, 1.54) is 11.3 Å². The van der Waals surface area contributed by atoms with E-state index in [1.807, 2.05) is 11.0 Å². The van der Waals surface area contributed by atoms with E-state index in [9.17, 15) is 4.79 Å². The third kappa shape index (κ3) is 3.60. The maximum absolute atomic E-state index is 12.7. The zero-order valence-electron chi connectivity index (χ0n) is 11.2. The molecule has 2 heterocycles. The van der Waals surface area contributed by atoms with Crippen LogP contribution in [0.2, 0.25) is 0 Å². The number of halogens is 2. The van der Waals surface area contributed by atoms with Crippen molar-refractivity contribution in [2.45, 2.75) is 25.8 Å². The quantitative estimate of drug-likeness (QED) is 0.740. The SMILES string of the molecule is CCC1CN(C)CCCN1C(=O)c1cc(Br)c(Br)s1. The molecule has 0 N–H and O–H groups in total. The molecule has 0 saturated carbocycles. The highest BCUT2D eigenvalue weighted by Crippen LogP contribution is 2.33. The van der Waals surface area contributed by atoms with Gasteiger partial charge in [0.1, 0.15) is 0 Å². The number of thiophene rings is 1. The molecule has 0 aliphatic carbocycles. The molecule has 0 radical (unpaired) electrons. The summed E-state index contributed by atoms with van der Waals surface area (Å²) in [5.41, 5.74) is 0. The molecule has 0 aromatic carbocycles. The molecule has 0 spiro atoms. The van der Waals surface area contributed by atoms with Crippen molar-refractivity contribution in [3.05, 3.63) is 19.2 Å². The van der Waals surface area contributed by atoms with Gasteiger partial charge in [-0.2, -0.15) is 0 Å². The first-order chi connectivity index (χ1) is 9.02. The van der Waals surface area contributed by atoms with Crippen molar-refractivity contribution in [2.75, 3.05) is 26.7 Å². The predicted octanol–water partition coefficient (Wildman–Crippen LogP) is 3.83. The standard InChI is InChI=1S/C13H18Br2N2OS/c1-3-9-8-16(2)5-4-6-17(9)13(18)11-7-10(14)12(15)19-11/h7,9H,3-6,8H2,1-2H3. The summed E-state index contributed by atoms with van der Waals surface area (Å²) in [7, 11) is 2.13. The van der Waals surface area contributed by atoms with E-state index in [-0.39, 0.29) is 5.91 Å². The lowest BCUT2D eigenvalue weighted by Crippen LogP contribution is -2.43. The molecule has 1 aliphatic heterocycles. The predicted molar refractivity (Wildman–Crippen MR) is 86.9 cm³/mol. The lowest BCUT2D eigenvalue weighted by Gasteiger charge is -2.29. The van der Waals surface area contributed by atoms with Crippen molar-refractivity contribution >= 4 is 49.1 Å². The van der Waals surface area contributed by atoms with Crippen molar-refractivity contribution in [1.82, 2.24) is 9.80 Å². The summed E-state index contributed by atoms with van der Waals surface area (Å²) in [4.78, 5) is 17.8. The molecule has 1 fully saturated rings. The molecule has 1 aliphatic rings. The number of hydrogen-bond acceptors (Lipinski definition) is 3. The second-order valence-electron chi connectivity index (χ2n) is 4.91. The average molecular weight is 410 g/mol. The van der Waals surface area contributed by atoms with E-state index in [0.29, 0.717) is 6.04 Å². The summed E-state index contributed by atoms with van der Waals surface area (Å²) in [6.07, 6.45) is 2.05. The van der Waals surface area contributed by atoms with Gasteiger partial charge < -0.3 is 9.80 Å².